The first kappa shape index (κ1) is 22.3. The van der Waals surface area contributed by atoms with Crippen LogP contribution < -0.4 is 10.2 Å². The van der Waals surface area contributed by atoms with Gasteiger partial charge in [-0.05, 0) is 67.1 Å². The molecule has 1 heterocycles. The summed E-state index contributed by atoms with van der Waals surface area (Å²) in [5.41, 5.74) is 2.22. The minimum absolute atomic E-state index is 0.0170. The number of piperidine rings is 1. The summed E-state index contributed by atoms with van der Waals surface area (Å²) >= 11 is 18.8. The van der Waals surface area contributed by atoms with E-state index in [4.69, 9.17) is 34.8 Å². The number of amides is 1. The van der Waals surface area contributed by atoms with Gasteiger partial charge in [-0.2, -0.15) is 0 Å². The molecule has 1 fully saturated rings. The molecule has 1 aliphatic heterocycles. The highest BCUT2D eigenvalue weighted by Crippen LogP contribution is 2.41. The number of nitrogens with one attached hydrogen (secondary N) is 1. The second-order valence-corrected chi connectivity index (χ2v) is 9.27. The molecular weight excluding hydrogens is 427 g/mol. The van der Waals surface area contributed by atoms with Gasteiger partial charge in [0.1, 0.15) is 0 Å². The maximum absolute atomic E-state index is 11.8. The third-order valence-corrected chi connectivity index (χ3v) is 6.35. The Morgan fingerprint density at radius 3 is 2.41 bits per heavy atom. The fourth-order valence-electron chi connectivity index (χ4n) is 3.90. The second-order valence-electron chi connectivity index (χ2n) is 7.99. The molecule has 0 spiro atoms. The Labute approximate surface area is 188 Å². The summed E-state index contributed by atoms with van der Waals surface area (Å²) in [7, 11) is 0. The van der Waals surface area contributed by atoms with Crippen molar-refractivity contribution in [3.05, 3.63) is 63.1 Å². The van der Waals surface area contributed by atoms with Gasteiger partial charge in [0, 0.05) is 39.8 Å². The van der Waals surface area contributed by atoms with Crippen LogP contribution in [0.15, 0.2) is 42.5 Å². The summed E-state index contributed by atoms with van der Waals surface area (Å²) in [4.78, 5) is 14.3. The highest BCUT2D eigenvalue weighted by atomic mass is 35.5. The smallest absolute Gasteiger partial charge is 0.222 e. The van der Waals surface area contributed by atoms with Gasteiger partial charge in [-0.3, -0.25) is 4.79 Å². The van der Waals surface area contributed by atoms with Crippen LogP contribution in [0.3, 0.4) is 0 Å². The lowest BCUT2D eigenvalue weighted by atomic mass is 9.86. The number of carbonyl (C=O) groups excluding carboxylic acids is 1. The third-order valence-electron chi connectivity index (χ3n) is 5.54. The summed E-state index contributed by atoms with van der Waals surface area (Å²) < 4.78 is 0. The Hall–Kier alpha value is -1.42. The van der Waals surface area contributed by atoms with Crippen LogP contribution in [-0.4, -0.2) is 19.0 Å². The number of hydrogen-bond donors (Lipinski definition) is 1. The van der Waals surface area contributed by atoms with E-state index in [2.05, 4.69) is 22.3 Å². The van der Waals surface area contributed by atoms with Crippen molar-refractivity contribution >= 4 is 46.4 Å². The molecule has 2 aromatic rings. The zero-order valence-electron chi connectivity index (χ0n) is 16.8. The molecule has 2 aromatic carbocycles. The van der Waals surface area contributed by atoms with E-state index >= 15 is 0 Å². The largest absolute Gasteiger partial charge is 0.364 e. The molecule has 0 saturated carbocycles. The Kier molecular flexibility index (Phi) is 7.72. The number of anilines is 1. The molecular formula is C23H27Cl3N2O. The van der Waals surface area contributed by atoms with Crippen molar-refractivity contribution < 1.29 is 4.79 Å². The molecule has 0 radical (unpaired) electrons. The quantitative estimate of drug-likeness (QED) is 0.523. The van der Waals surface area contributed by atoms with Crippen molar-refractivity contribution in [2.24, 2.45) is 11.8 Å². The van der Waals surface area contributed by atoms with E-state index in [0.29, 0.717) is 22.5 Å². The molecule has 0 bridgehead atoms. The minimum atomic E-state index is 0.0170. The van der Waals surface area contributed by atoms with Crippen LogP contribution >= 0.6 is 34.8 Å². The fraction of sp³-hybridized carbons (Fsp3) is 0.435. The number of benzene rings is 2. The van der Waals surface area contributed by atoms with Gasteiger partial charge in [0.2, 0.25) is 5.91 Å². The van der Waals surface area contributed by atoms with Gasteiger partial charge in [0.05, 0.1) is 6.04 Å². The van der Waals surface area contributed by atoms with Gasteiger partial charge in [0.25, 0.3) is 0 Å². The van der Waals surface area contributed by atoms with E-state index in [1.807, 2.05) is 44.2 Å². The molecule has 6 heteroatoms. The summed E-state index contributed by atoms with van der Waals surface area (Å²) in [6.45, 7) is 5.45. The summed E-state index contributed by atoms with van der Waals surface area (Å²) in [6.07, 6.45) is 3.04. The zero-order chi connectivity index (χ0) is 21.0. The van der Waals surface area contributed by atoms with Gasteiger partial charge >= 0.3 is 0 Å². The van der Waals surface area contributed by atoms with Crippen molar-refractivity contribution in [3.63, 3.8) is 0 Å². The van der Waals surface area contributed by atoms with Crippen LogP contribution in [0, 0.1) is 11.8 Å². The van der Waals surface area contributed by atoms with Gasteiger partial charge in [-0.15, -0.1) is 0 Å². The van der Waals surface area contributed by atoms with Crippen LogP contribution in [0.5, 0.6) is 0 Å². The molecule has 3 nitrogen and oxygen atoms in total. The third kappa shape index (κ3) is 5.81. The average molecular weight is 454 g/mol. The summed E-state index contributed by atoms with van der Waals surface area (Å²) in [5, 5.41) is 5.10. The average Bonchev–Trinajstić information content (AvgIpc) is 2.69. The number of halogens is 3. The van der Waals surface area contributed by atoms with Crippen LogP contribution in [0.25, 0.3) is 0 Å². The first-order valence-electron chi connectivity index (χ1n) is 10.1. The van der Waals surface area contributed by atoms with Crippen molar-refractivity contribution in [2.45, 2.75) is 39.2 Å². The van der Waals surface area contributed by atoms with Crippen LogP contribution in [0.4, 0.5) is 5.69 Å². The predicted molar refractivity (Wildman–Crippen MR) is 123 cm³/mol. The minimum Gasteiger partial charge on any atom is -0.364 e. The lowest BCUT2D eigenvalue weighted by Gasteiger charge is -2.42. The van der Waals surface area contributed by atoms with Crippen LogP contribution in [-0.2, 0) is 4.79 Å². The molecule has 0 aliphatic carbocycles. The zero-order valence-corrected chi connectivity index (χ0v) is 19.1. The van der Waals surface area contributed by atoms with Gasteiger partial charge in [-0.1, -0.05) is 54.7 Å². The van der Waals surface area contributed by atoms with E-state index < -0.39 is 0 Å². The van der Waals surface area contributed by atoms with E-state index in [9.17, 15) is 4.79 Å². The maximum atomic E-state index is 11.8. The SMILES string of the molecule is CC(C)C(=O)NCC[C@@H]1CC[C@@H](c2ccc(Cl)cc2Cl)N(c2ccc(Cl)cc2)C1. The van der Waals surface area contributed by atoms with Crippen LogP contribution in [0.2, 0.25) is 15.1 Å². The Morgan fingerprint density at radius 2 is 1.76 bits per heavy atom. The monoisotopic (exact) mass is 452 g/mol. The number of nitrogens with zero attached hydrogens (tertiary/aromatic N) is 1. The number of rotatable bonds is 6. The molecule has 0 unspecified atom stereocenters. The molecule has 29 heavy (non-hydrogen) atoms. The van der Waals surface area contributed by atoms with Gasteiger partial charge in [-0.25, -0.2) is 0 Å². The maximum Gasteiger partial charge on any atom is 0.222 e. The van der Waals surface area contributed by atoms with E-state index in [1.165, 1.54) is 0 Å². The predicted octanol–water partition coefficient (Wildman–Crippen LogP) is 6.77. The first-order valence-corrected chi connectivity index (χ1v) is 11.2. The molecule has 1 N–H and O–H groups in total. The van der Waals surface area contributed by atoms with Crippen molar-refractivity contribution in [2.75, 3.05) is 18.0 Å². The fourth-order valence-corrected chi connectivity index (χ4v) is 4.56. The van der Waals surface area contributed by atoms with Gasteiger partial charge < -0.3 is 10.2 Å². The van der Waals surface area contributed by atoms with E-state index in [0.717, 1.165) is 42.1 Å². The molecule has 1 amide bonds. The Balaban J connectivity index is 1.77. The number of hydrogen-bond acceptors (Lipinski definition) is 2. The van der Waals surface area contributed by atoms with E-state index in [1.54, 1.807) is 0 Å². The molecule has 3 rings (SSSR count). The molecule has 2 atom stereocenters. The topological polar surface area (TPSA) is 32.3 Å². The number of carbonyl (C=O) groups is 1. The molecule has 1 aliphatic rings. The summed E-state index contributed by atoms with van der Waals surface area (Å²) in [5.74, 6) is 0.630. The lowest BCUT2D eigenvalue weighted by Crippen LogP contribution is -2.40. The Bertz CT molecular complexity index is 839. The van der Waals surface area contributed by atoms with Crippen molar-refractivity contribution in [1.29, 1.82) is 0 Å². The second kappa shape index (κ2) is 10.1. The van der Waals surface area contributed by atoms with Crippen LogP contribution in [0.1, 0.15) is 44.7 Å². The van der Waals surface area contributed by atoms with Gasteiger partial charge in [0.15, 0.2) is 0 Å². The molecule has 0 aromatic heterocycles. The summed E-state index contributed by atoms with van der Waals surface area (Å²) in [6, 6.07) is 13.9. The highest BCUT2D eigenvalue weighted by Gasteiger charge is 2.30. The molecule has 1 saturated heterocycles. The van der Waals surface area contributed by atoms with E-state index in [-0.39, 0.29) is 17.9 Å². The first-order chi connectivity index (χ1) is 13.8. The lowest BCUT2D eigenvalue weighted by molar-refractivity contribution is -0.124. The van der Waals surface area contributed by atoms with Crippen molar-refractivity contribution in [1.82, 2.24) is 5.32 Å². The Morgan fingerprint density at radius 1 is 1.07 bits per heavy atom. The van der Waals surface area contributed by atoms with Crippen molar-refractivity contribution in [3.8, 4) is 0 Å². The normalized spacial score (nSPS) is 19.4. The molecule has 156 valence electrons. The standard InChI is InChI=1S/C23H27Cl3N2O/c1-15(2)23(29)27-12-11-16-3-10-22(20-9-6-18(25)13-21(20)26)28(14-16)19-7-4-17(24)5-8-19/h4-9,13,15-16,22H,3,10-12,14H2,1-2H3,(H,27,29)/t16-,22-/m0/s1. The highest BCUT2D eigenvalue weighted by molar-refractivity contribution is 6.35.